The first-order chi connectivity index (χ1) is 7.66. The molecule has 1 aliphatic heterocycles. The first kappa shape index (κ1) is 13.1. The zero-order valence-electron chi connectivity index (χ0n) is 8.70. The molecule has 4 N–H and O–H groups in total. The van der Waals surface area contributed by atoms with Crippen molar-refractivity contribution in [3.63, 3.8) is 0 Å². The van der Waals surface area contributed by atoms with Gasteiger partial charge in [-0.2, -0.15) is 0 Å². The normalized spacial score (nSPS) is 24.9. The van der Waals surface area contributed by atoms with Crippen LogP contribution in [0.25, 0.3) is 0 Å². The lowest BCUT2D eigenvalue weighted by molar-refractivity contribution is -0.0801. The van der Waals surface area contributed by atoms with Crippen LogP contribution >= 0.6 is 0 Å². The average Bonchev–Trinajstić information content (AvgIpc) is 2.49. The quantitative estimate of drug-likeness (QED) is 0.368. The third-order valence-electron chi connectivity index (χ3n) is 1.97. The van der Waals surface area contributed by atoms with Gasteiger partial charge in [0, 0.05) is 0 Å². The molecular formula is C8H16N2O6. The number of nitrogens with one attached hydrogen (secondary N) is 1. The highest BCUT2D eigenvalue weighted by atomic mass is 16.5. The Kier molecular flexibility index (Phi) is 5.43. The number of amides is 2. The predicted octanol–water partition coefficient (Wildman–Crippen LogP) is -2.37. The summed E-state index contributed by atoms with van der Waals surface area (Å²) >= 11 is 0. The molecule has 0 aromatic heterocycles. The summed E-state index contributed by atoms with van der Waals surface area (Å²) in [4.78, 5) is 12.1. The third-order valence-corrected chi connectivity index (χ3v) is 1.97. The predicted molar refractivity (Wildman–Crippen MR) is 51.1 cm³/mol. The average molecular weight is 236 g/mol. The fourth-order valence-electron chi connectivity index (χ4n) is 1.16. The molecule has 1 rings (SSSR count). The van der Waals surface area contributed by atoms with Gasteiger partial charge in [0.1, 0.15) is 6.73 Å². The van der Waals surface area contributed by atoms with Gasteiger partial charge in [-0.15, -0.1) is 0 Å². The van der Waals surface area contributed by atoms with Crippen molar-refractivity contribution in [2.45, 2.75) is 12.5 Å². The largest absolute Gasteiger partial charge is 0.394 e. The van der Waals surface area contributed by atoms with E-state index < -0.39 is 18.5 Å². The Labute approximate surface area is 92.4 Å². The molecule has 0 aromatic carbocycles. The molecule has 1 fully saturated rings. The van der Waals surface area contributed by atoms with Crippen molar-refractivity contribution in [3.8, 4) is 0 Å². The van der Waals surface area contributed by atoms with E-state index in [0.717, 1.165) is 4.90 Å². The van der Waals surface area contributed by atoms with Crippen LogP contribution in [0.3, 0.4) is 0 Å². The smallest absolute Gasteiger partial charge is 0.323 e. The summed E-state index contributed by atoms with van der Waals surface area (Å²) in [6.07, 6.45) is -2.59. The number of aliphatic hydroxyl groups is 3. The SMILES string of the molecule is O=C1NC(O)C(O)N1COCCOCCO. The van der Waals surface area contributed by atoms with Gasteiger partial charge in [0.2, 0.25) is 0 Å². The van der Waals surface area contributed by atoms with E-state index in [2.05, 4.69) is 5.32 Å². The second-order valence-electron chi connectivity index (χ2n) is 3.15. The molecule has 1 heterocycles. The molecule has 0 aromatic rings. The number of rotatable bonds is 7. The standard InChI is InChI=1S/C8H16N2O6/c11-1-2-15-3-4-16-5-10-7(13)6(12)9-8(10)14/h6-7,11-13H,1-5H2,(H,9,14). The highest BCUT2D eigenvalue weighted by Crippen LogP contribution is 2.08. The van der Waals surface area contributed by atoms with Gasteiger partial charge in [-0.1, -0.05) is 0 Å². The van der Waals surface area contributed by atoms with Crippen LogP contribution in [0.2, 0.25) is 0 Å². The Morgan fingerprint density at radius 1 is 1.25 bits per heavy atom. The van der Waals surface area contributed by atoms with Gasteiger partial charge in [0.15, 0.2) is 12.5 Å². The molecule has 2 unspecified atom stereocenters. The molecular weight excluding hydrogens is 220 g/mol. The molecule has 1 aliphatic rings. The summed E-state index contributed by atoms with van der Waals surface area (Å²) in [5.74, 6) is 0. The van der Waals surface area contributed by atoms with E-state index in [9.17, 15) is 9.90 Å². The molecule has 8 heteroatoms. The van der Waals surface area contributed by atoms with E-state index in [4.69, 9.17) is 19.7 Å². The number of hydrogen-bond acceptors (Lipinski definition) is 6. The summed E-state index contributed by atoms with van der Waals surface area (Å²) in [5.41, 5.74) is 0. The van der Waals surface area contributed by atoms with E-state index in [0.29, 0.717) is 0 Å². The van der Waals surface area contributed by atoms with Crippen LogP contribution < -0.4 is 5.32 Å². The van der Waals surface area contributed by atoms with Crippen molar-refractivity contribution in [2.24, 2.45) is 0 Å². The second-order valence-corrected chi connectivity index (χ2v) is 3.15. The zero-order chi connectivity index (χ0) is 12.0. The number of carbonyl (C=O) groups excluding carboxylic acids is 1. The molecule has 0 saturated carbocycles. The minimum atomic E-state index is -1.30. The summed E-state index contributed by atoms with van der Waals surface area (Å²) in [5, 5.41) is 28.9. The molecule has 2 amide bonds. The zero-order valence-corrected chi connectivity index (χ0v) is 8.70. The molecule has 0 bridgehead atoms. The number of hydrogen-bond donors (Lipinski definition) is 4. The monoisotopic (exact) mass is 236 g/mol. The van der Waals surface area contributed by atoms with Gasteiger partial charge in [0.25, 0.3) is 0 Å². The van der Waals surface area contributed by atoms with Crippen molar-refractivity contribution in [3.05, 3.63) is 0 Å². The van der Waals surface area contributed by atoms with Crippen molar-refractivity contribution in [2.75, 3.05) is 33.2 Å². The van der Waals surface area contributed by atoms with Crippen LogP contribution in [0.5, 0.6) is 0 Å². The Bertz CT molecular complexity index is 227. The number of aliphatic hydroxyl groups excluding tert-OH is 3. The van der Waals surface area contributed by atoms with Gasteiger partial charge >= 0.3 is 6.03 Å². The first-order valence-corrected chi connectivity index (χ1v) is 4.86. The third kappa shape index (κ3) is 3.58. The van der Waals surface area contributed by atoms with Crippen molar-refractivity contribution < 1.29 is 29.6 Å². The van der Waals surface area contributed by atoms with Gasteiger partial charge in [-0.25, -0.2) is 4.79 Å². The Morgan fingerprint density at radius 2 is 1.94 bits per heavy atom. The van der Waals surface area contributed by atoms with Crippen molar-refractivity contribution in [1.82, 2.24) is 10.2 Å². The van der Waals surface area contributed by atoms with E-state index in [1.54, 1.807) is 0 Å². The molecule has 0 radical (unpaired) electrons. The summed E-state index contributed by atoms with van der Waals surface area (Å²) in [7, 11) is 0. The van der Waals surface area contributed by atoms with Gasteiger partial charge in [-0.3, -0.25) is 4.90 Å². The number of urea groups is 1. The minimum absolute atomic E-state index is 0.0561. The lowest BCUT2D eigenvalue weighted by Crippen LogP contribution is -2.38. The van der Waals surface area contributed by atoms with Crippen LogP contribution in [0, 0.1) is 0 Å². The molecule has 16 heavy (non-hydrogen) atoms. The molecule has 2 atom stereocenters. The maximum absolute atomic E-state index is 11.1. The fraction of sp³-hybridized carbons (Fsp3) is 0.875. The van der Waals surface area contributed by atoms with Crippen molar-refractivity contribution in [1.29, 1.82) is 0 Å². The Morgan fingerprint density at radius 3 is 2.50 bits per heavy atom. The van der Waals surface area contributed by atoms with Crippen molar-refractivity contribution >= 4 is 6.03 Å². The van der Waals surface area contributed by atoms with Crippen LogP contribution in [0.15, 0.2) is 0 Å². The lowest BCUT2D eigenvalue weighted by Gasteiger charge is -2.19. The number of ether oxygens (including phenoxy) is 2. The van der Waals surface area contributed by atoms with Gasteiger partial charge in [-0.05, 0) is 0 Å². The van der Waals surface area contributed by atoms with E-state index in [1.807, 2.05) is 0 Å². The fourth-order valence-corrected chi connectivity index (χ4v) is 1.16. The Hall–Kier alpha value is -0.930. The van der Waals surface area contributed by atoms with E-state index >= 15 is 0 Å². The van der Waals surface area contributed by atoms with Gasteiger partial charge < -0.3 is 30.1 Å². The highest BCUT2D eigenvalue weighted by molar-refractivity contribution is 5.76. The summed E-state index contributed by atoms with van der Waals surface area (Å²) < 4.78 is 9.96. The summed E-state index contributed by atoms with van der Waals surface area (Å²) in [6, 6.07) is -0.587. The van der Waals surface area contributed by atoms with Crippen LogP contribution in [0.1, 0.15) is 0 Å². The molecule has 0 aliphatic carbocycles. The van der Waals surface area contributed by atoms with Crippen LogP contribution in [0.4, 0.5) is 4.79 Å². The first-order valence-electron chi connectivity index (χ1n) is 4.86. The topological polar surface area (TPSA) is 111 Å². The maximum atomic E-state index is 11.1. The molecule has 8 nitrogen and oxygen atoms in total. The van der Waals surface area contributed by atoms with E-state index in [-0.39, 0.29) is 33.2 Å². The summed E-state index contributed by atoms with van der Waals surface area (Å²) in [6.45, 7) is 0.558. The highest BCUT2D eigenvalue weighted by Gasteiger charge is 2.36. The Balaban J connectivity index is 2.10. The maximum Gasteiger partial charge on any atom is 0.323 e. The second kappa shape index (κ2) is 6.61. The van der Waals surface area contributed by atoms with E-state index in [1.165, 1.54) is 0 Å². The van der Waals surface area contributed by atoms with Gasteiger partial charge in [0.05, 0.1) is 26.4 Å². The minimum Gasteiger partial charge on any atom is -0.394 e. The number of carbonyl (C=O) groups is 1. The lowest BCUT2D eigenvalue weighted by atomic mass is 10.5. The number of nitrogens with zero attached hydrogens (tertiary/aromatic N) is 1. The molecule has 94 valence electrons. The molecule has 1 saturated heterocycles. The van der Waals surface area contributed by atoms with Crippen LogP contribution in [-0.2, 0) is 9.47 Å². The van der Waals surface area contributed by atoms with Crippen LogP contribution in [-0.4, -0.2) is 71.9 Å². The molecule has 0 spiro atoms.